The summed E-state index contributed by atoms with van der Waals surface area (Å²) in [6, 6.07) is 11.5. The molecule has 8 heteroatoms. The SMILES string of the molecule is COc1ccc(-c2cc(=O)c3c(O)cc(OCCCCCCCC(=O)NO)cc3o2)cc1. The van der Waals surface area contributed by atoms with E-state index in [1.165, 1.54) is 12.1 Å². The van der Waals surface area contributed by atoms with Gasteiger partial charge in [0.25, 0.3) is 0 Å². The topological polar surface area (TPSA) is 118 Å². The van der Waals surface area contributed by atoms with Crippen LogP contribution in [0.2, 0.25) is 0 Å². The normalized spacial score (nSPS) is 10.8. The van der Waals surface area contributed by atoms with Gasteiger partial charge in [-0.25, -0.2) is 5.48 Å². The lowest BCUT2D eigenvalue weighted by Crippen LogP contribution is -2.17. The maximum Gasteiger partial charge on any atom is 0.243 e. The Labute approximate surface area is 185 Å². The average molecular weight is 441 g/mol. The fourth-order valence-electron chi connectivity index (χ4n) is 3.39. The molecule has 0 aliphatic rings. The standard InChI is InChI=1S/C24H27NO7/c1-30-17-10-8-16(9-11-17)21-15-20(27)24-19(26)13-18(14-22(24)32-21)31-12-6-4-2-3-5-7-23(28)25-29/h8-11,13-15,26,29H,2-7,12H2,1H3,(H,25,28). The minimum absolute atomic E-state index is 0.113. The molecule has 0 atom stereocenters. The number of ether oxygens (including phenoxy) is 2. The zero-order valence-electron chi connectivity index (χ0n) is 17.9. The number of nitrogens with one attached hydrogen (secondary N) is 1. The Morgan fingerprint density at radius 3 is 2.44 bits per heavy atom. The maximum absolute atomic E-state index is 12.6. The van der Waals surface area contributed by atoms with Crippen LogP contribution in [0.5, 0.6) is 17.2 Å². The fraction of sp³-hybridized carbons (Fsp3) is 0.333. The number of phenolic OH excluding ortho intramolecular Hbond substituents is 1. The molecule has 2 aromatic carbocycles. The third kappa shape index (κ3) is 6.01. The van der Waals surface area contributed by atoms with Crippen molar-refractivity contribution in [2.75, 3.05) is 13.7 Å². The predicted octanol–water partition coefficient (Wildman–Crippen LogP) is 4.40. The van der Waals surface area contributed by atoms with Gasteiger partial charge < -0.3 is 19.0 Å². The molecular weight excluding hydrogens is 414 g/mol. The number of amides is 1. The van der Waals surface area contributed by atoms with E-state index in [0.717, 1.165) is 32.1 Å². The lowest BCUT2D eigenvalue weighted by atomic mass is 10.1. The van der Waals surface area contributed by atoms with Crippen LogP contribution in [0.25, 0.3) is 22.3 Å². The second kappa shape index (κ2) is 11.2. The first-order valence-corrected chi connectivity index (χ1v) is 10.5. The molecule has 0 radical (unpaired) electrons. The summed E-state index contributed by atoms with van der Waals surface area (Å²) in [5.41, 5.74) is 2.25. The van der Waals surface area contributed by atoms with Gasteiger partial charge in [0.2, 0.25) is 5.91 Å². The third-order valence-electron chi connectivity index (χ3n) is 5.10. The van der Waals surface area contributed by atoms with Crippen molar-refractivity contribution >= 4 is 16.9 Å². The molecule has 0 unspecified atom stereocenters. The Bertz CT molecular complexity index is 1110. The van der Waals surface area contributed by atoms with Crippen molar-refractivity contribution in [3.8, 4) is 28.6 Å². The first-order valence-electron chi connectivity index (χ1n) is 10.5. The van der Waals surface area contributed by atoms with Crippen molar-refractivity contribution < 1.29 is 29.0 Å². The van der Waals surface area contributed by atoms with Crippen LogP contribution in [0.15, 0.2) is 51.7 Å². The second-order valence-electron chi connectivity index (χ2n) is 7.42. The van der Waals surface area contributed by atoms with Crippen molar-refractivity contribution in [1.29, 1.82) is 0 Å². The largest absolute Gasteiger partial charge is 0.507 e. The lowest BCUT2D eigenvalue weighted by Gasteiger charge is -2.10. The number of phenols is 1. The zero-order valence-corrected chi connectivity index (χ0v) is 17.9. The second-order valence-corrected chi connectivity index (χ2v) is 7.42. The van der Waals surface area contributed by atoms with E-state index in [1.807, 2.05) is 0 Å². The highest BCUT2D eigenvalue weighted by Crippen LogP contribution is 2.31. The van der Waals surface area contributed by atoms with Crippen LogP contribution in [0.4, 0.5) is 0 Å². The van der Waals surface area contributed by atoms with Gasteiger partial charge in [0.15, 0.2) is 5.43 Å². The number of rotatable bonds is 11. The van der Waals surface area contributed by atoms with Gasteiger partial charge in [0.05, 0.1) is 13.7 Å². The number of methoxy groups -OCH3 is 1. The minimum atomic E-state index is -0.369. The zero-order chi connectivity index (χ0) is 22.9. The number of unbranched alkanes of at least 4 members (excludes halogenated alkanes) is 4. The van der Waals surface area contributed by atoms with E-state index in [2.05, 4.69) is 0 Å². The number of fused-ring (bicyclic) bond motifs is 1. The van der Waals surface area contributed by atoms with Gasteiger partial charge in [-0.2, -0.15) is 0 Å². The van der Waals surface area contributed by atoms with Crippen LogP contribution >= 0.6 is 0 Å². The molecule has 170 valence electrons. The Balaban J connectivity index is 1.62. The van der Waals surface area contributed by atoms with Crippen LogP contribution in [0, 0.1) is 0 Å². The summed E-state index contributed by atoms with van der Waals surface area (Å²) >= 11 is 0. The monoisotopic (exact) mass is 441 g/mol. The Morgan fingerprint density at radius 1 is 1.00 bits per heavy atom. The average Bonchev–Trinajstić information content (AvgIpc) is 2.80. The molecule has 3 aromatic rings. The Morgan fingerprint density at radius 2 is 1.72 bits per heavy atom. The van der Waals surface area contributed by atoms with Gasteiger partial charge in [0.1, 0.15) is 34.0 Å². The lowest BCUT2D eigenvalue weighted by molar-refractivity contribution is -0.129. The van der Waals surface area contributed by atoms with Crippen LogP contribution < -0.4 is 20.4 Å². The summed E-state index contributed by atoms with van der Waals surface area (Å²) in [5.74, 6) is 0.947. The van der Waals surface area contributed by atoms with Gasteiger partial charge >= 0.3 is 0 Å². The summed E-state index contributed by atoms with van der Waals surface area (Å²) in [4.78, 5) is 23.5. The van der Waals surface area contributed by atoms with Crippen LogP contribution in [0.3, 0.4) is 0 Å². The smallest absolute Gasteiger partial charge is 0.243 e. The van der Waals surface area contributed by atoms with Crippen molar-refractivity contribution in [2.24, 2.45) is 0 Å². The third-order valence-corrected chi connectivity index (χ3v) is 5.10. The van der Waals surface area contributed by atoms with Gasteiger partial charge in [-0.1, -0.05) is 19.3 Å². The molecule has 8 nitrogen and oxygen atoms in total. The Kier molecular flexibility index (Phi) is 8.10. The molecule has 0 saturated heterocycles. The van der Waals surface area contributed by atoms with Gasteiger partial charge in [-0.3, -0.25) is 14.8 Å². The van der Waals surface area contributed by atoms with Crippen LogP contribution in [-0.2, 0) is 4.79 Å². The van der Waals surface area contributed by atoms with Crippen molar-refractivity contribution in [3.63, 3.8) is 0 Å². The van der Waals surface area contributed by atoms with E-state index in [1.54, 1.807) is 42.9 Å². The molecule has 3 rings (SSSR count). The summed E-state index contributed by atoms with van der Waals surface area (Å²) < 4.78 is 16.8. The van der Waals surface area contributed by atoms with Crippen molar-refractivity contribution in [3.05, 3.63) is 52.7 Å². The number of hydrogen-bond acceptors (Lipinski definition) is 7. The number of carbonyl (C=O) groups is 1. The predicted molar refractivity (Wildman–Crippen MR) is 119 cm³/mol. The van der Waals surface area contributed by atoms with Gasteiger partial charge in [-0.05, 0) is 37.1 Å². The molecule has 1 heterocycles. The van der Waals surface area contributed by atoms with E-state index >= 15 is 0 Å². The summed E-state index contributed by atoms with van der Waals surface area (Å²) in [5, 5.41) is 18.9. The van der Waals surface area contributed by atoms with Gasteiger partial charge in [0, 0.05) is 30.2 Å². The molecular formula is C24H27NO7. The van der Waals surface area contributed by atoms with Crippen molar-refractivity contribution in [2.45, 2.75) is 38.5 Å². The number of benzene rings is 2. The molecule has 0 saturated carbocycles. The quantitative estimate of drug-likeness (QED) is 0.229. The molecule has 1 aromatic heterocycles. The molecule has 1 amide bonds. The number of carbonyl (C=O) groups excluding carboxylic acids is 1. The van der Waals surface area contributed by atoms with E-state index in [0.29, 0.717) is 35.9 Å². The highest BCUT2D eigenvalue weighted by molar-refractivity contribution is 5.86. The first-order chi connectivity index (χ1) is 15.5. The highest BCUT2D eigenvalue weighted by atomic mass is 16.5. The van der Waals surface area contributed by atoms with Gasteiger partial charge in [-0.15, -0.1) is 0 Å². The molecule has 32 heavy (non-hydrogen) atoms. The molecule has 0 spiro atoms. The Hall–Kier alpha value is -3.52. The maximum atomic E-state index is 12.6. The summed E-state index contributed by atoms with van der Waals surface area (Å²) in [7, 11) is 1.58. The van der Waals surface area contributed by atoms with Crippen LogP contribution in [0.1, 0.15) is 38.5 Å². The number of aromatic hydroxyl groups is 1. The highest BCUT2D eigenvalue weighted by Gasteiger charge is 2.13. The van der Waals surface area contributed by atoms with Crippen LogP contribution in [-0.4, -0.2) is 29.9 Å². The molecule has 0 fully saturated rings. The summed E-state index contributed by atoms with van der Waals surface area (Å²) in [6.07, 6.45) is 4.61. The number of hydroxylamine groups is 1. The molecule has 0 aliphatic heterocycles. The molecule has 3 N–H and O–H groups in total. The van der Waals surface area contributed by atoms with E-state index in [9.17, 15) is 14.7 Å². The first kappa shape index (κ1) is 23.1. The molecule has 0 aliphatic carbocycles. The van der Waals surface area contributed by atoms with Crippen molar-refractivity contribution in [1.82, 2.24) is 5.48 Å². The van der Waals surface area contributed by atoms with E-state index in [4.69, 9.17) is 19.1 Å². The molecule has 0 bridgehead atoms. The number of hydrogen-bond donors (Lipinski definition) is 3. The van der Waals surface area contributed by atoms with E-state index in [-0.39, 0.29) is 28.1 Å². The fourth-order valence-corrected chi connectivity index (χ4v) is 3.39. The minimum Gasteiger partial charge on any atom is -0.507 e. The van der Waals surface area contributed by atoms with E-state index < -0.39 is 0 Å². The summed E-state index contributed by atoms with van der Waals surface area (Å²) in [6.45, 7) is 0.449.